The second kappa shape index (κ2) is 2.21. The van der Waals surface area contributed by atoms with Gasteiger partial charge in [0.25, 0.3) is 0 Å². The Hall–Kier alpha value is -0.790. The smallest absolute Gasteiger partial charge is 0.249 e. The molecule has 1 heterocycles. The Balaban J connectivity index is 2.58. The lowest BCUT2D eigenvalue weighted by Gasteiger charge is -2.29. The van der Waals surface area contributed by atoms with Crippen molar-refractivity contribution in [1.82, 2.24) is 5.32 Å². The van der Waals surface area contributed by atoms with E-state index in [0.717, 1.165) is 12.0 Å². The Kier molecular flexibility index (Phi) is 1.56. The van der Waals surface area contributed by atoms with Gasteiger partial charge < -0.3 is 5.32 Å². The van der Waals surface area contributed by atoms with Crippen molar-refractivity contribution >= 4 is 5.91 Å². The topological polar surface area (TPSA) is 29.1 Å². The number of β-lactam (4-membered cyclic amide) rings is 1. The molecule has 0 aliphatic carbocycles. The van der Waals surface area contributed by atoms with E-state index in [1.165, 1.54) is 0 Å². The zero-order chi connectivity index (χ0) is 6.85. The molecular weight excluding hydrogens is 114 g/mol. The summed E-state index contributed by atoms with van der Waals surface area (Å²) >= 11 is 0. The molecule has 50 valence electrons. The molecule has 1 fully saturated rings. The van der Waals surface area contributed by atoms with Crippen molar-refractivity contribution in [3.63, 3.8) is 0 Å². The molecule has 9 heavy (non-hydrogen) atoms. The lowest BCUT2D eigenvalue weighted by molar-refractivity contribution is -0.122. The molecule has 1 rings (SSSR count). The second-order valence-corrected chi connectivity index (χ2v) is 2.18. The molecule has 0 bridgehead atoms. The minimum absolute atomic E-state index is 0.101. The summed E-state index contributed by atoms with van der Waals surface area (Å²) in [6.07, 6.45) is 2.89. The Bertz CT molecular complexity index is 160. The van der Waals surface area contributed by atoms with Crippen LogP contribution in [0.5, 0.6) is 0 Å². The first-order valence-electron chi connectivity index (χ1n) is 3.26. The molecule has 0 aromatic carbocycles. The number of rotatable bonds is 1. The number of carbonyl (C=O) groups is 1. The molecule has 0 aromatic heterocycles. The molecule has 1 unspecified atom stereocenters. The first kappa shape index (κ1) is 6.33. The van der Waals surface area contributed by atoms with E-state index in [1.54, 1.807) is 0 Å². The molecular formula is C7H11NO. The second-order valence-electron chi connectivity index (χ2n) is 2.18. The zero-order valence-electron chi connectivity index (χ0n) is 5.77. The first-order valence-corrected chi connectivity index (χ1v) is 3.26. The molecule has 0 radical (unpaired) electrons. The van der Waals surface area contributed by atoms with E-state index >= 15 is 0 Å². The van der Waals surface area contributed by atoms with Crippen LogP contribution in [0.3, 0.4) is 0 Å². The highest BCUT2D eigenvalue weighted by Gasteiger charge is 2.29. The molecule has 0 saturated carbocycles. The monoisotopic (exact) mass is 125 g/mol. The third kappa shape index (κ3) is 0.846. The molecule has 0 spiro atoms. The van der Waals surface area contributed by atoms with E-state index in [1.807, 2.05) is 13.0 Å². The molecule has 1 amide bonds. The summed E-state index contributed by atoms with van der Waals surface area (Å²) in [7, 11) is 0. The van der Waals surface area contributed by atoms with Crippen LogP contribution in [0.2, 0.25) is 0 Å². The van der Waals surface area contributed by atoms with Gasteiger partial charge in [-0.25, -0.2) is 0 Å². The summed E-state index contributed by atoms with van der Waals surface area (Å²) in [5.41, 5.74) is 0.942. The van der Waals surface area contributed by atoms with Crippen LogP contribution in [-0.4, -0.2) is 11.9 Å². The van der Waals surface area contributed by atoms with Crippen LogP contribution in [0.25, 0.3) is 0 Å². The first-order chi connectivity index (χ1) is 4.29. The van der Waals surface area contributed by atoms with Crippen molar-refractivity contribution in [1.29, 1.82) is 0 Å². The van der Waals surface area contributed by atoms with Crippen LogP contribution < -0.4 is 5.32 Å². The van der Waals surface area contributed by atoms with Gasteiger partial charge >= 0.3 is 0 Å². The van der Waals surface area contributed by atoms with Gasteiger partial charge in [-0.05, 0) is 13.3 Å². The number of nitrogens with one attached hydrogen (secondary N) is 1. The number of allylic oxidation sites excluding steroid dienone is 1. The lowest BCUT2D eigenvalue weighted by atomic mass is 9.96. The maximum Gasteiger partial charge on any atom is 0.249 e. The third-order valence-corrected chi connectivity index (χ3v) is 1.66. The van der Waals surface area contributed by atoms with Crippen LogP contribution in [0, 0.1) is 0 Å². The molecule has 0 aromatic rings. The predicted molar refractivity (Wildman–Crippen MR) is 36.0 cm³/mol. The molecule has 1 saturated heterocycles. The molecule has 2 nitrogen and oxygen atoms in total. The average Bonchev–Trinajstić information content (AvgIpc) is 1.83. The van der Waals surface area contributed by atoms with E-state index < -0.39 is 0 Å². The molecule has 1 aliphatic heterocycles. The van der Waals surface area contributed by atoms with Gasteiger partial charge in [-0.15, -0.1) is 0 Å². The Morgan fingerprint density at radius 2 is 2.44 bits per heavy atom. The molecule has 1 N–H and O–H groups in total. The molecule has 1 atom stereocenters. The van der Waals surface area contributed by atoms with E-state index in [-0.39, 0.29) is 5.91 Å². The van der Waals surface area contributed by atoms with E-state index in [0.29, 0.717) is 6.04 Å². The minimum atomic E-state index is 0.101. The molecule has 1 aliphatic rings. The predicted octanol–water partition coefficient (Wildman–Crippen LogP) is 0.841. The van der Waals surface area contributed by atoms with Crippen LogP contribution in [0.4, 0.5) is 0 Å². The zero-order valence-corrected chi connectivity index (χ0v) is 5.77. The van der Waals surface area contributed by atoms with Gasteiger partial charge in [0.05, 0.1) is 6.04 Å². The lowest BCUT2D eigenvalue weighted by Crippen LogP contribution is -2.50. The average molecular weight is 125 g/mol. The number of hydrogen-bond acceptors (Lipinski definition) is 1. The van der Waals surface area contributed by atoms with Gasteiger partial charge in [-0.1, -0.05) is 13.0 Å². The Morgan fingerprint density at radius 3 is 2.67 bits per heavy atom. The maximum absolute atomic E-state index is 10.7. The quantitative estimate of drug-likeness (QED) is 0.408. The normalized spacial score (nSPS) is 29.8. The van der Waals surface area contributed by atoms with Crippen molar-refractivity contribution in [3.05, 3.63) is 11.6 Å². The molecule has 2 heteroatoms. The van der Waals surface area contributed by atoms with Crippen molar-refractivity contribution in [2.75, 3.05) is 0 Å². The summed E-state index contributed by atoms with van der Waals surface area (Å²) in [5.74, 6) is 0.101. The van der Waals surface area contributed by atoms with Crippen molar-refractivity contribution < 1.29 is 4.79 Å². The summed E-state index contributed by atoms with van der Waals surface area (Å²) in [6, 6.07) is 0.336. The van der Waals surface area contributed by atoms with Crippen molar-refractivity contribution in [2.24, 2.45) is 0 Å². The highest BCUT2D eigenvalue weighted by Crippen LogP contribution is 2.15. The van der Waals surface area contributed by atoms with Crippen LogP contribution >= 0.6 is 0 Å². The van der Waals surface area contributed by atoms with Gasteiger partial charge in [0.1, 0.15) is 0 Å². The van der Waals surface area contributed by atoms with E-state index in [9.17, 15) is 4.79 Å². The van der Waals surface area contributed by atoms with Gasteiger partial charge in [-0.2, -0.15) is 0 Å². The number of carbonyl (C=O) groups excluding carboxylic acids is 1. The fraction of sp³-hybridized carbons (Fsp3) is 0.571. The van der Waals surface area contributed by atoms with Gasteiger partial charge in [0.15, 0.2) is 0 Å². The van der Waals surface area contributed by atoms with Crippen LogP contribution in [0.1, 0.15) is 20.3 Å². The number of amides is 1. The highest BCUT2D eigenvalue weighted by molar-refractivity contribution is 6.01. The summed E-state index contributed by atoms with van der Waals surface area (Å²) in [6.45, 7) is 3.96. The van der Waals surface area contributed by atoms with E-state index in [4.69, 9.17) is 0 Å². The largest absolute Gasteiger partial charge is 0.345 e. The van der Waals surface area contributed by atoms with Gasteiger partial charge in [0, 0.05) is 5.57 Å². The highest BCUT2D eigenvalue weighted by atomic mass is 16.2. The maximum atomic E-state index is 10.7. The Labute approximate surface area is 54.9 Å². The van der Waals surface area contributed by atoms with Gasteiger partial charge in [0.2, 0.25) is 5.91 Å². The fourth-order valence-electron chi connectivity index (χ4n) is 1.05. The SMILES string of the molecule is CC=C1C(=O)NC1CC. The fourth-order valence-corrected chi connectivity index (χ4v) is 1.05. The summed E-state index contributed by atoms with van der Waals surface area (Å²) in [4.78, 5) is 10.7. The third-order valence-electron chi connectivity index (χ3n) is 1.66. The van der Waals surface area contributed by atoms with E-state index in [2.05, 4.69) is 12.2 Å². The van der Waals surface area contributed by atoms with Crippen LogP contribution in [0.15, 0.2) is 11.6 Å². The standard InChI is InChI=1S/C7H11NO/c1-3-5-6(4-2)8-7(5)9/h3,6H,4H2,1-2H3,(H,8,9). The van der Waals surface area contributed by atoms with Gasteiger partial charge in [-0.3, -0.25) is 4.79 Å². The minimum Gasteiger partial charge on any atom is -0.345 e. The van der Waals surface area contributed by atoms with Crippen molar-refractivity contribution in [3.8, 4) is 0 Å². The van der Waals surface area contributed by atoms with Crippen molar-refractivity contribution in [2.45, 2.75) is 26.3 Å². The number of hydrogen-bond donors (Lipinski definition) is 1. The summed E-state index contributed by atoms with van der Waals surface area (Å²) in [5, 5.41) is 2.79. The summed E-state index contributed by atoms with van der Waals surface area (Å²) < 4.78 is 0. The Morgan fingerprint density at radius 1 is 1.78 bits per heavy atom. The van der Waals surface area contributed by atoms with Crippen LogP contribution in [-0.2, 0) is 4.79 Å².